The van der Waals surface area contributed by atoms with Crippen LogP contribution in [0.2, 0.25) is 0 Å². The van der Waals surface area contributed by atoms with Crippen molar-refractivity contribution in [1.82, 2.24) is 0 Å². The predicted octanol–water partition coefficient (Wildman–Crippen LogP) is 5.04. The standard InChI is InChI=1S/C20H17NO4S/c22-21(23)18-11-17(26)12-19(24-13-15-7-3-1-4-8-15)20(18)25-14-16-9-5-2-6-10-16/h1-12,26H,13-14H2. The molecule has 0 bridgehead atoms. The van der Waals surface area contributed by atoms with Gasteiger partial charge in [-0.25, -0.2) is 0 Å². The van der Waals surface area contributed by atoms with Crippen LogP contribution in [0.1, 0.15) is 11.1 Å². The molecular formula is C20H17NO4S. The van der Waals surface area contributed by atoms with Crippen LogP contribution < -0.4 is 9.47 Å². The van der Waals surface area contributed by atoms with Crippen molar-refractivity contribution < 1.29 is 14.4 Å². The number of nitro groups is 1. The topological polar surface area (TPSA) is 61.6 Å². The van der Waals surface area contributed by atoms with Crippen molar-refractivity contribution in [1.29, 1.82) is 0 Å². The van der Waals surface area contributed by atoms with E-state index in [-0.39, 0.29) is 24.7 Å². The van der Waals surface area contributed by atoms with Gasteiger partial charge in [0.25, 0.3) is 0 Å². The lowest BCUT2D eigenvalue weighted by atomic mass is 10.2. The maximum Gasteiger partial charge on any atom is 0.316 e. The number of thiol groups is 1. The van der Waals surface area contributed by atoms with Gasteiger partial charge in [0.2, 0.25) is 5.75 Å². The number of nitro benzene ring substituents is 1. The second-order valence-corrected chi connectivity index (χ2v) is 6.11. The highest BCUT2D eigenvalue weighted by Gasteiger charge is 2.22. The summed E-state index contributed by atoms with van der Waals surface area (Å²) < 4.78 is 11.6. The molecule has 132 valence electrons. The number of hydrogen-bond donors (Lipinski definition) is 1. The summed E-state index contributed by atoms with van der Waals surface area (Å²) in [7, 11) is 0. The number of ether oxygens (including phenoxy) is 2. The van der Waals surface area contributed by atoms with Crippen molar-refractivity contribution in [2.75, 3.05) is 0 Å². The summed E-state index contributed by atoms with van der Waals surface area (Å²) in [6, 6.07) is 22.0. The summed E-state index contributed by atoms with van der Waals surface area (Å²) in [5.41, 5.74) is 1.69. The van der Waals surface area contributed by atoms with Crippen molar-refractivity contribution in [3.63, 3.8) is 0 Å². The van der Waals surface area contributed by atoms with Crippen LogP contribution in [0.25, 0.3) is 0 Å². The monoisotopic (exact) mass is 367 g/mol. The largest absolute Gasteiger partial charge is 0.485 e. The van der Waals surface area contributed by atoms with Crippen LogP contribution >= 0.6 is 12.6 Å². The third kappa shape index (κ3) is 4.55. The van der Waals surface area contributed by atoms with Gasteiger partial charge in [0, 0.05) is 11.0 Å². The predicted molar refractivity (Wildman–Crippen MR) is 102 cm³/mol. The number of rotatable bonds is 7. The molecule has 5 nitrogen and oxygen atoms in total. The molecule has 26 heavy (non-hydrogen) atoms. The van der Waals surface area contributed by atoms with Crippen LogP contribution in [-0.2, 0) is 13.2 Å². The van der Waals surface area contributed by atoms with E-state index >= 15 is 0 Å². The minimum absolute atomic E-state index is 0.104. The molecule has 0 aromatic heterocycles. The second kappa shape index (κ2) is 8.40. The van der Waals surface area contributed by atoms with Crippen LogP contribution in [0.4, 0.5) is 5.69 Å². The van der Waals surface area contributed by atoms with Crippen LogP contribution in [0, 0.1) is 10.1 Å². The van der Waals surface area contributed by atoms with Gasteiger partial charge in [-0.15, -0.1) is 12.6 Å². The Bertz CT molecular complexity index is 885. The number of benzene rings is 3. The van der Waals surface area contributed by atoms with E-state index in [0.29, 0.717) is 10.6 Å². The molecular weight excluding hydrogens is 350 g/mol. The highest BCUT2D eigenvalue weighted by Crippen LogP contribution is 2.40. The zero-order valence-electron chi connectivity index (χ0n) is 13.9. The van der Waals surface area contributed by atoms with E-state index in [2.05, 4.69) is 12.6 Å². The Morgan fingerprint density at radius 2 is 1.38 bits per heavy atom. The number of nitrogens with zero attached hydrogens (tertiary/aromatic N) is 1. The average Bonchev–Trinajstić information content (AvgIpc) is 2.66. The molecule has 0 N–H and O–H groups in total. The molecule has 0 radical (unpaired) electrons. The van der Waals surface area contributed by atoms with Crippen LogP contribution in [0.15, 0.2) is 77.7 Å². The maximum absolute atomic E-state index is 11.4. The fourth-order valence-corrected chi connectivity index (χ4v) is 2.67. The average molecular weight is 367 g/mol. The molecule has 0 aliphatic rings. The first-order valence-electron chi connectivity index (χ1n) is 7.98. The molecule has 0 amide bonds. The molecule has 0 fully saturated rings. The Hall–Kier alpha value is -2.99. The lowest BCUT2D eigenvalue weighted by molar-refractivity contribution is -0.386. The summed E-state index contributed by atoms with van der Waals surface area (Å²) in [5.74, 6) is 0.400. The lowest BCUT2D eigenvalue weighted by Gasteiger charge is -2.14. The third-order valence-corrected chi connectivity index (χ3v) is 3.94. The van der Waals surface area contributed by atoms with Crippen LogP contribution in [0.5, 0.6) is 11.5 Å². The fraction of sp³-hybridized carbons (Fsp3) is 0.100. The normalized spacial score (nSPS) is 10.3. The van der Waals surface area contributed by atoms with Crippen molar-refractivity contribution in [2.24, 2.45) is 0 Å². The summed E-state index contributed by atoms with van der Waals surface area (Å²) in [5, 5.41) is 11.4. The summed E-state index contributed by atoms with van der Waals surface area (Å²) >= 11 is 4.24. The second-order valence-electron chi connectivity index (χ2n) is 5.60. The van der Waals surface area contributed by atoms with Crippen LogP contribution in [-0.4, -0.2) is 4.92 Å². The van der Waals surface area contributed by atoms with Gasteiger partial charge in [-0.2, -0.15) is 0 Å². The Morgan fingerprint density at radius 1 is 0.846 bits per heavy atom. The molecule has 0 unspecified atom stereocenters. The first-order chi connectivity index (χ1) is 12.6. The highest BCUT2D eigenvalue weighted by molar-refractivity contribution is 7.80. The SMILES string of the molecule is O=[N+]([O-])c1cc(S)cc(OCc2ccccc2)c1OCc1ccccc1. The fourth-order valence-electron chi connectivity index (χ4n) is 2.43. The van der Waals surface area contributed by atoms with Crippen molar-refractivity contribution in [3.8, 4) is 11.5 Å². The Balaban J connectivity index is 1.87. The zero-order valence-corrected chi connectivity index (χ0v) is 14.8. The minimum atomic E-state index is -0.491. The molecule has 0 aliphatic carbocycles. The zero-order chi connectivity index (χ0) is 18.4. The van der Waals surface area contributed by atoms with E-state index in [0.717, 1.165) is 11.1 Å². The number of hydrogen-bond acceptors (Lipinski definition) is 5. The van der Waals surface area contributed by atoms with Gasteiger partial charge in [0.1, 0.15) is 13.2 Å². The van der Waals surface area contributed by atoms with Gasteiger partial charge in [0.05, 0.1) is 4.92 Å². The van der Waals surface area contributed by atoms with Crippen LogP contribution in [0.3, 0.4) is 0 Å². The van der Waals surface area contributed by atoms with E-state index < -0.39 is 4.92 Å². The van der Waals surface area contributed by atoms with Gasteiger partial charge in [-0.05, 0) is 17.2 Å². The highest BCUT2D eigenvalue weighted by atomic mass is 32.1. The first kappa shape index (κ1) is 17.8. The molecule has 3 rings (SSSR count). The first-order valence-corrected chi connectivity index (χ1v) is 8.43. The summed E-state index contributed by atoms with van der Waals surface area (Å²) in [4.78, 5) is 11.4. The molecule has 3 aromatic carbocycles. The maximum atomic E-state index is 11.4. The van der Waals surface area contributed by atoms with Gasteiger partial charge >= 0.3 is 5.69 Å². The van der Waals surface area contributed by atoms with E-state index in [9.17, 15) is 10.1 Å². The van der Waals surface area contributed by atoms with E-state index in [1.54, 1.807) is 6.07 Å². The van der Waals surface area contributed by atoms with Crippen molar-refractivity contribution >= 4 is 18.3 Å². The molecule has 0 aliphatic heterocycles. The van der Waals surface area contributed by atoms with E-state index in [1.165, 1.54) is 6.07 Å². The molecule has 0 saturated carbocycles. The molecule has 0 atom stereocenters. The smallest absolute Gasteiger partial charge is 0.316 e. The van der Waals surface area contributed by atoms with Gasteiger partial charge < -0.3 is 9.47 Å². The van der Waals surface area contributed by atoms with E-state index in [4.69, 9.17) is 9.47 Å². The van der Waals surface area contributed by atoms with Gasteiger partial charge in [0.15, 0.2) is 5.75 Å². The molecule has 0 spiro atoms. The minimum Gasteiger partial charge on any atom is -0.485 e. The van der Waals surface area contributed by atoms with E-state index in [1.807, 2.05) is 60.7 Å². The van der Waals surface area contributed by atoms with Gasteiger partial charge in [-0.1, -0.05) is 60.7 Å². The molecule has 0 saturated heterocycles. The lowest BCUT2D eigenvalue weighted by Crippen LogP contribution is -2.03. The summed E-state index contributed by atoms with van der Waals surface area (Å²) in [6.45, 7) is 0.478. The molecule has 0 heterocycles. The Morgan fingerprint density at radius 3 is 1.92 bits per heavy atom. The van der Waals surface area contributed by atoms with Gasteiger partial charge in [-0.3, -0.25) is 10.1 Å². The van der Waals surface area contributed by atoms with Crippen molar-refractivity contribution in [2.45, 2.75) is 18.1 Å². The molecule has 3 aromatic rings. The third-order valence-electron chi connectivity index (χ3n) is 3.68. The Kier molecular flexibility index (Phi) is 5.76. The summed E-state index contributed by atoms with van der Waals surface area (Å²) in [6.07, 6.45) is 0. The van der Waals surface area contributed by atoms with Crippen molar-refractivity contribution in [3.05, 3.63) is 94.0 Å². The quantitative estimate of drug-likeness (QED) is 0.361. The Labute approximate surface area is 156 Å². The molecule has 6 heteroatoms.